The molecule has 2 N–H and O–H groups in total. The molecule has 3 aromatic carbocycles. The highest BCUT2D eigenvalue weighted by atomic mass is 79.9. The lowest BCUT2D eigenvalue weighted by Crippen LogP contribution is -2.29. The molecule has 1 fully saturated rings. The minimum Gasteiger partial charge on any atom is -0.507 e. The number of nitrogens with zero attached hydrogens (tertiary/aromatic N) is 2. The average molecular weight is 551 g/mol. The number of aromatic hydroxyl groups is 1. The van der Waals surface area contributed by atoms with Crippen LogP contribution in [0.25, 0.3) is 5.76 Å². The number of hydrogen-bond acceptors (Lipinski definition) is 6. The molecule has 0 saturated carbocycles. The third-order valence-electron chi connectivity index (χ3n) is 6.12. The standard InChI is InChI=1S/C28H27BrN2O5/c1-5-36-23-15-17(7-13-22(23)32)25-24(26(33)18-6-12-21(29)16(2)14-18)27(34)28(35)31(25)20-10-8-19(9-11-20)30(3)4/h6-15,25,32-33H,5H2,1-4H3/b26-24-. The van der Waals surface area contributed by atoms with E-state index >= 15 is 0 Å². The van der Waals surface area contributed by atoms with Crippen molar-refractivity contribution in [3.05, 3.63) is 87.4 Å². The fraction of sp³-hybridized carbons (Fsp3) is 0.214. The molecule has 1 unspecified atom stereocenters. The number of benzene rings is 3. The van der Waals surface area contributed by atoms with Gasteiger partial charge in [0.1, 0.15) is 5.76 Å². The summed E-state index contributed by atoms with van der Waals surface area (Å²) in [6.07, 6.45) is 0. The maximum atomic E-state index is 13.4. The van der Waals surface area contributed by atoms with E-state index in [1.54, 1.807) is 49.4 Å². The summed E-state index contributed by atoms with van der Waals surface area (Å²) in [5.74, 6) is -1.65. The summed E-state index contributed by atoms with van der Waals surface area (Å²) in [4.78, 5) is 30.1. The Labute approximate surface area is 218 Å². The van der Waals surface area contributed by atoms with Gasteiger partial charge in [-0.05, 0) is 73.5 Å². The van der Waals surface area contributed by atoms with Crippen molar-refractivity contribution in [2.24, 2.45) is 0 Å². The van der Waals surface area contributed by atoms with Gasteiger partial charge in [-0.25, -0.2) is 0 Å². The maximum Gasteiger partial charge on any atom is 0.300 e. The van der Waals surface area contributed by atoms with Gasteiger partial charge in [0, 0.05) is 35.5 Å². The second-order valence-corrected chi connectivity index (χ2v) is 9.56. The lowest BCUT2D eigenvalue weighted by molar-refractivity contribution is -0.132. The fourth-order valence-electron chi connectivity index (χ4n) is 4.25. The van der Waals surface area contributed by atoms with Crippen LogP contribution < -0.4 is 14.5 Å². The number of ether oxygens (including phenoxy) is 1. The molecule has 7 nitrogen and oxygen atoms in total. The number of ketones is 1. The molecule has 1 aliphatic heterocycles. The van der Waals surface area contributed by atoms with Crippen molar-refractivity contribution in [1.82, 2.24) is 0 Å². The lowest BCUT2D eigenvalue weighted by atomic mass is 9.94. The molecule has 0 bridgehead atoms. The molecule has 0 radical (unpaired) electrons. The van der Waals surface area contributed by atoms with E-state index in [9.17, 15) is 19.8 Å². The zero-order valence-corrected chi connectivity index (χ0v) is 22.0. The van der Waals surface area contributed by atoms with Crippen LogP contribution in [-0.2, 0) is 9.59 Å². The number of aryl methyl sites for hydroxylation is 1. The maximum absolute atomic E-state index is 13.4. The summed E-state index contributed by atoms with van der Waals surface area (Å²) in [5.41, 5.74) is 3.21. The molecule has 1 amide bonds. The molecule has 1 saturated heterocycles. The van der Waals surface area contributed by atoms with E-state index in [1.165, 1.54) is 11.0 Å². The summed E-state index contributed by atoms with van der Waals surface area (Å²) in [6.45, 7) is 3.99. The molecular formula is C28H27BrN2O5. The monoisotopic (exact) mass is 550 g/mol. The third-order valence-corrected chi connectivity index (χ3v) is 7.01. The number of phenols is 1. The molecular weight excluding hydrogens is 524 g/mol. The highest BCUT2D eigenvalue weighted by Crippen LogP contribution is 2.44. The molecule has 1 aliphatic rings. The topological polar surface area (TPSA) is 90.3 Å². The Kier molecular flexibility index (Phi) is 7.08. The number of anilines is 2. The van der Waals surface area contributed by atoms with Gasteiger partial charge in [0.25, 0.3) is 11.7 Å². The first-order valence-corrected chi connectivity index (χ1v) is 12.2. The van der Waals surface area contributed by atoms with Gasteiger partial charge in [-0.2, -0.15) is 0 Å². The van der Waals surface area contributed by atoms with Crippen LogP contribution in [-0.4, -0.2) is 42.6 Å². The van der Waals surface area contributed by atoms with Gasteiger partial charge < -0.3 is 19.8 Å². The number of aliphatic hydroxyl groups excluding tert-OH is 1. The minimum absolute atomic E-state index is 0.0356. The summed E-state index contributed by atoms with van der Waals surface area (Å²) >= 11 is 3.45. The number of Topliss-reactive ketones (excluding diaryl/α,β-unsaturated/α-hetero) is 1. The van der Waals surface area contributed by atoms with Gasteiger partial charge >= 0.3 is 0 Å². The lowest BCUT2D eigenvalue weighted by Gasteiger charge is -2.26. The van der Waals surface area contributed by atoms with Crippen LogP contribution in [0.15, 0.2) is 70.7 Å². The number of hydrogen-bond donors (Lipinski definition) is 2. The number of phenolic OH excluding ortho intramolecular Hbond substituents is 1. The van der Waals surface area contributed by atoms with Crippen LogP contribution in [0.1, 0.15) is 29.7 Å². The van der Waals surface area contributed by atoms with Crippen LogP contribution >= 0.6 is 15.9 Å². The zero-order chi connectivity index (χ0) is 26.1. The van der Waals surface area contributed by atoms with E-state index in [0.29, 0.717) is 23.4 Å². The van der Waals surface area contributed by atoms with E-state index in [2.05, 4.69) is 15.9 Å². The molecule has 0 aliphatic carbocycles. The Morgan fingerprint density at radius 1 is 1.06 bits per heavy atom. The molecule has 8 heteroatoms. The largest absolute Gasteiger partial charge is 0.507 e. The smallest absolute Gasteiger partial charge is 0.300 e. The predicted molar refractivity (Wildman–Crippen MR) is 144 cm³/mol. The number of carbonyl (C=O) groups is 2. The molecule has 3 aromatic rings. The van der Waals surface area contributed by atoms with Crippen molar-refractivity contribution in [2.75, 3.05) is 30.5 Å². The number of amides is 1. The molecule has 36 heavy (non-hydrogen) atoms. The molecule has 4 rings (SSSR count). The van der Waals surface area contributed by atoms with Crippen LogP contribution in [0, 0.1) is 6.92 Å². The second kappa shape index (κ2) is 10.1. The predicted octanol–water partition coefficient (Wildman–Crippen LogP) is 5.55. The van der Waals surface area contributed by atoms with Crippen LogP contribution in [0.2, 0.25) is 0 Å². The Bertz CT molecular complexity index is 1360. The normalized spacial score (nSPS) is 16.9. The van der Waals surface area contributed by atoms with Crippen LogP contribution in [0.3, 0.4) is 0 Å². The summed E-state index contributed by atoms with van der Waals surface area (Å²) in [6, 6.07) is 16.2. The van der Waals surface area contributed by atoms with Gasteiger partial charge in [-0.3, -0.25) is 14.5 Å². The van der Waals surface area contributed by atoms with Crippen LogP contribution in [0.4, 0.5) is 11.4 Å². The number of carbonyl (C=O) groups excluding carboxylic acids is 2. The molecule has 1 heterocycles. The van der Waals surface area contributed by atoms with Gasteiger partial charge in [0.05, 0.1) is 18.2 Å². The number of halogens is 1. The van der Waals surface area contributed by atoms with Crippen molar-refractivity contribution in [2.45, 2.75) is 19.9 Å². The Hall–Kier alpha value is -3.78. The van der Waals surface area contributed by atoms with Gasteiger partial charge in [0.15, 0.2) is 11.5 Å². The van der Waals surface area contributed by atoms with E-state index in [4.69, 9.17) is 4.74 Å². The molecule has 1 atom stereocenters. The number of rotatable bonds is 6. The van der Waals surface area contributed by atoms with E-state index in [1.807, 2.05) is 38.1 Å². The molecule has 0 aromatic heterocycles. The summed E-state index contributed by atoms with van der Waals surface area (Å²) in [5, 5.41) is 21.6. The van der Waals surface area contributed by atoms with Crippen molar-refractivity contribution in [1.29, 1.82) is 0 Å². The Morgan fingerprint density at radius 2 is 1.75 bits per heavy atom. The van der Waals surface area contributed by atoms with E-state index in [0.717, 1.165) is 15.7 Å². The van der Waals surface area contributed by atoms with E-state index < -0.39 is 17.7 Å². The van der Waals surface area contributed by atoms with E-state index in [-0.39, 0.29) is 22.8 Å². The first-order chi connectivity index (χ1) is 17.1. The Balaban J connectivity index is 1.94. The first-order valence-electron chi connectivity index (χ1n) is 11.4. The average Bonchev–Trinajstić information content (AvgIpc) is 3.12. The quantitative estimate of drug-likeness (QED) is 0.237. The zero-order valence-electron chi connectivity index (χ0n) is 20.4. The SMILES string of the molecule is CCOc1cc(C2/C(=C(/O)c3ccc(Br)c(C)c3)C(=O)C(=O)N2c2ccc(N(C)C)cc2)ccc1O. The van der Waals surface area contributed by atoms with Crippen molar-refractivity contribution in [3.8, 4) is 11.5 Å². The van der Waals surface area contributed by atoms with Crippen molar-refractivity contribution < 1.29 is 24.5 Å². The fourth-order valence-corrected chi connectivity index (χ4v) is 4.49. The van der Waals surface area contributed by atoms with Crippen LogP contribution in [0.5, 0.6) is 11.5 Å². The summed E-state index contributed by atoms with van der Waals surface area (Å²) in [7, 11) is 3.82. The van der Waals surface area contributed by atoms with Gasteiger partial charge in [-0.1, -0.05) is 28.1 Å². The van der Waals surface area contributed by atoms with Gasteiger partial charge in [-0.15, -0.1) is 0 Å². The Morgan fingerprint density at radius 3 is 2.36 bits per heavy atom. The van der Waals surface area contributed by atoms with Crippen molar-refractivity contribution in [3.63, 3.8) is 0 Å². The second-order valence-electron chi connectivity index (χ2n) is 8.70. The number of aliphatic hydroxyl groups is 1. The summed E-state index contributed by atoms with van der Waals surface area (Å²) < 4.78 is 6.41. The highest BCUT2D eigenvalue weighted by Gasteiger charge is 2.47. The minimum atomic E-state index is -0.932. The molecule has 0 spiro atoms. The van der Waals surface area contributed by atoms with Gasteiger partial charge in [0.2, 0.25) is 0 Å². The highest BCUT2D eigenvalue weighted by molar-refractivity contribution is 9.10. The molecule has 186 valence electrons. The first kappa shape index (κ1) is 25.3. The third kappa shape index (κ3) is 4.56. The van der Waals surface area contributed by atoms with Crippen molar-refractivity contribution >= 4 is 44.8 Å².